The van der Waals surface area contributed by atoms with Crippen molar-refractivity contribution in [2.75, 3.05) is 46.8 Å². The van der Waals surface area contributed by atoms with Crippen LogP contribution >= 0.6 is 0 Å². The zero-order chi connectivity index (χ0) is 18.0. The lowest BCUT2D eigenvalue weighted by atomic mass is 10.0. The predicted octanol–water partition coefficient (Wildman–Crippen LogP) is 0.825. The molecule has 136 valence electrons. The van der Waals surface area contributed by atoms with Crippen LogP contribution in [0.4, 0.5) is 4.39 Å². The Kier molecular flexibility index (Phi) is 5.22. The van der Waals surface area contributed by atoms with Gasteiger partial charge in [-0.15, -0.1) is 0 Å². The van der Waals surface area contributed by atoms with Gasteiger partial charge in [0.25, 0.3) is 0 Å². The third kappa shape index (κ3) is 4.10. The first kappa shape index (κ1) is 17.7. The van der Waals surface area contributed by atoms with Gasteiger partial charge in [0, 0.05) is 26.1 Å². The zero-order valence-corrected chi connectivity index (χ0v) is 14.7. The molecule has 0 radical (unpaired) electrons. The van der Waals surface area contributed by atoms with Crippen LogP contribution in [0.25, 0.3) is 0 Å². The van der Waals surface area contributed by atoms with E-state index in [-0.39, 0.29) is 36.0 Å². The van der Waals surface area contributed by atoms with Crippen LogP contribution in [-0.2, 0) is 9.59 Å². The number of halogens is 1. The summed E-state index contributed by atoms with van der Waals surface area (Å²) in [5.41, 5.74) is 0. The molecule has 1 aromatic carbocycles. The molecule has 3 rings (SSSR count). The number of rotatable bonds is 6. The lowest BCUT2D eigenvalue weighted by Gasteiger charge is -2.40. The van der Waals surface area contributed by atoms with Gasteiger partial charge >= 0.3 is 0 Å². The Morgan fingerprint density at radius 3 is 2.68 bits per heavy atom. The van der Waals surface area contributed by atoms with E-state index in [1.54, 1.807) is 28.0 Å². The summed E-state index contributed by atoms with van der Waals surface area (Å²) >= 11 is 0. The summed E-state index contributed by atoms with van der Waals surface area (Å²) in [5.74, 6) is -0.422. The number of carbonyl (C=O) groups is 2. The topological polar surface area (TPSA) is 53.1 Å². The van der Waals surface area contributed by atoms with E-state index in [1.807, 2.05) is 19.0 Å². The van der Waals surface area contributed by atoms with Gasteiger partial charge in [0.15, 0.2) is 11.6 Å². The minimum atomic E-state index is -0.398. The van der Waals surface area contributed by atoms with Gasteiger partial charge in [0.1, 0.15) is 6.10 Å². The fourth-order valence-corrected chi connectivity index (χ4v) is 3.15. The highest BCUT2D eigenvalue weighted by atomic mass is 19.1. The normalized spacial score (nSPS) is 21.0. The fraction of sp³-hybridized carbons (Fsp3) is 0.556. The molecule has 2 aliphatic rings. The van der Waals surface area contributed by atoms with Crippen molar-refractivity contribution in [3.05, 3.63) is 30.1 Å². The molecule has 2 saturated heterocycles. The number of hydrogen-bond donors (Lipinski definition) is 0. The number of benzene rings is 1. The third-order valence-electron chi connectivity index (χ3n) is 4.67. The third-order valence-corrected chi connectivity index (χ3v) is 4.67. The Balaban J connectivity index is 1.46. The average Bonchev–Trinajstić information content (AvgIpc) is 2.90. The van der Waals surface area contributed by atoms with Gasteiger partial charge in [-0.3, -0.25) is 9.59 Å². The number of nitrogens with zero attached hydrogens (tertiary/aromatic N) is 3. The molecule has 0 aliphatic carbocycles. The SMILES string of the molecule is CN(C)CCN1C[C@@H](C(=O)N2CC(Oc3ccccc3F)C2)CC1=O. The van der Waals surface area contributed by atoms with Crippen LogP contribution in [0.2, 0.25) is 0 Å². The second-order valence-electron chi connectivity index (χ2n) is 6.96. The molecule has 0 aromatic heterocycles. The first-order valence-corrected chi connectivity index (χ1v) is 8.56. The lowest BCUT2D eigenvalue weighted by molar-refractivity contribution is -0.144. The second-order valence-corrected chi connectivity index (χ2v) is 6.96. The molecule has 0 spiro atoms. The Labute approximate surface area is 147 Å². The standard InChI is InChI=1S/C18H24FN3O3/c1-20(2)7-8-21-10-13(9-17(21)23)18(24)22-11-14(12-22)25-16-6-4-3-5-15(16)19/h3-6,13-14H,7-12H2,1-2H3/t13-/m0/s1. The van der Waals surface area contributed by atoms with E-state index in [0.717, 1.165) is 6.54 Å². The quantitative estimate of drug-likeness (QED) is 0.763. The van der Waals surface area contributed by atoms with E-state index >= 15 is 0 Å². The molecule has 6 nitrogen and oxygen atoms in total. The molecule has 1 atom stereocenters. The molecule has 7 heteroatoms. The first-order chi connectivity index (χ1) is 11.9. The molecule has 25 heavy (non-hydrogen) atoms. The summed E-state index contributed by atoms with van der Waals surface area (Å²) in [6, 6.07) is 6.26. The molecule has 2 heterocycles. The van der Waals surface area contributed by atoms with Gasteiger partial charge in [-0.1, -0.05) is 12.1 Å². The predicted molar refractivity (Wildman–Crippen MR) is 90.6 cm³/mol. The largest absolute Gasteiger partial charge is 0.484 e. The number of ether oxygens (including phenoxy) is 1. The van der Waals surface area contributed by atoms with Crippen molar-refractivity contribution in [2.24, 2.45) is 5.92 Å². The van der Waals surface area contributed by atoms with E-state index in [0.29, 0.717) is 26.2 Å². The van der Waals surface area contributed by atoms with Crippen LogP contribution in [0.1, 0.15) is 6.42 Å². The van der Waals surface area contributed by atoms with Crippen molar-refractivity contribution in [3.63, 3.8) is 0 Å². The molecule has 0 bridgehead atoms. The van der Waals surface area contributed by atoms with E-state index in [1.165, 1.54) is 6.07 Å². The second kappa shape index (κ2) is 7.39. The van der Waals surface area contributed by atoms with Crippen molar-refractivity contribution in [3.8, 4) is 5.75 Å². The van der Waals surface area contributed by atoms with E-state index in [2.05, 4.69) is 0 Å². The van der Waals surface area contributed by atoms with Gasteiger partial charge in [0.2, 0.25) is 11.8 Å². The van der Waals surface area contributed by atoms with Crippen molar-refractivity contribution in [1.82, 2.24) is 14.7 Å². The molecule has 0 saturated carbocycles. The van der Waals surface area contributed by atoms with Crippen LogP contribution in [0, 0.1) is 11.7 Å². The van der Waals surface area contributed by atoms with Crippen molar-refractivity contribution in [2.45, 2.75) is 12.5 Å². The van der Waals surface area contributed by atoms with E-state index < -0.39 is 5.82 Å². The molecule has 2 fully saturated rings. The molecule has 2 aliphatic heterocycles. The van der Waals surface area contributed by atoms with Crippen LogP contribution in [-0.4, -0.2) is 79.4 Å². The number of hydrogen-bond acceptors (Lipinski definition) is 4. The van der Waals surface area contributed by atoms with Gasteiger partial charge in [-0.2, -0.15) is 0 Å². The average molecular weight is 349 g/mol. The maximum Gasteiger partial charge on any atom is 0.228 e. The Bertz CT molecular complexity index is 646. The highest BCUT2D eigenvalue weighted by molar-refractivity contribution is 5.89. The Morgan fingerprint density at radius 2 is 2.00 bits per heavy atom. The van der Waals surface area contributed by atoms with E-state index in [4.69, 9.17) is 4.74 Å². The van der Waals surface area contributed by atoms with Gasteiger partial charge in [-0.25, -0.2) is 4.39 Å². The summed E-state index contributed by atoms with van der Waals surface area (Å²) in [6.45, 7) is 2.80. The maximum absolute atomic E-state index is 13.6. The molecule has 0 N–H and O–H groups in total. The zero-order valence-electron chi connectivity index (χ0n) is 14.7. The number of likely N-dealkylation sites (tertiary alicyclic amines) is 2. The Morgan fingerprint density at radius 1 is 1.28 bits per heavy atom. The molecular formula is C18H24FN3O3. The smallest absolute Gasteiger partial charge is 0.228 e. The molecule has 1 aromatic rings. The minimum Gasteiger partial charge on any atom is -0.484 e. The molecule has 2 amide bonds. The summed E-state index contributed by atoms with van der Waals surface area (Å²) < 4.78 is 19.2. The number of likely N-dealkylation sites (N-methyl/N-ethyl adjacent to an activating group) is 1. The monoisotopic (exact) mass is 349 g/mol. The van der Waals surface area contributed by atoms with Gasteiger partial charge in [0.05, 0.1) is 19.0 Å². The van der Waals surface area contributed by atoms with Crippen LogP contribution in [0.3, 0.4) is 0 Å². The van der Waals surface area contributed by atoms with Crippen LogP contribution < -0.4 is 4.74 Å². The summed E-state index contributed by atoms with van der Waals surface area (Å²) in [4.78, 5) is 30.0. The van der Waals surface area contributed by atoms with Crippen molar-refractivity contribution < 1.29 is 18.7 Å². The van der Waals surface area contributed by atoms with Crippen molar-refractivity contribution >= 4 is 11.8 Å². The molecule has 0 unspecified atom stereocenters. The minimum absolute atomic E-state index is 0.00548. The summed E-state index contributed by atoms with van der Waals surface area (Å²) in [5, 5.41) is 0. The number of amides is 2. The van der Waals surface area contributed by atoms with Crippen LogP contribution in [0.15, 0.2) is 24.3 Å². The van der Waals surface area contributed by atoms with Gasteiger partial charge < -0.3 is 19.4 Å². The summed E-state index contributed by atoms with van der Waals surface area (Å²) in [6.07, 6.45) is 0.0875. The number of carbonyl (C=O) groups excluding carboxylic acids is 2. The first-order valence-electron chi connectivity index (χ1n) is 8.56. The highest BCUT2D eigenvalue weighted by Crippen LogP contribution is 2.25. The molecular weight excluding hydrogens is 325 g/mol. The van der Waals surface area contributed by atoms with Crippen LogP contribution in [0.5, 0.6) is 5.75 Å². The van der Waals surface area contributed by atoms with Gasteiger partial charge in [-0.05, 0) is 26.2 Å². The number of para-hydroxylation sites is 1. The summed E-state index contributed by atoms with van der Waals surface area (Å²) in [7, 11) is 3.91. The highest BCUT2D eigenvalue weighted by Gasteiger charge is 2.41. The van der Waals surface area contributed by atoms with Crippen molar-refractivity contribution in [1.29, 1.82) is 0 Å². The van der Waals surface area contributed by atoms with E-state index in [9.17, 15) is 14.0 Å². The fourth-order valence-electron chi connectivity index (χ4n) is 3.15. The maximum atomic E-state index is 13.6. The lowest BCUT2D eigenvalue weighted by Crippen LogP contribution is -2.57. The Hall–Kier alpha value is -2.15.